The molecule has 2 N–H and O–H groups in total. The van der Waals surface area contributed by atoms with E-state index in [9.17, 15) is 24.6 Å². The van der Waals surface area contributed by atoms with Gasteiger partial charge in [-0.25, -0.2) is 0 Å². The summed E-state index contributed by atoms with van der Waals surface area (Å²) < 4.78 is 33.1. The van der Waals surface area contributed by atoms with Gasteiger partial charge in [0.1, 0.15) is 42.5 Å². The first-order valence-corrected chi connectivity index (χ1v) is 14.8. The molecular weight excluding hydrogens is 596 g/mol. The third-order valence-corrected chi connectivity index (χ3v) is 7.62. The highest BCUT2D eigenvalue weighted by molar-refractivity contribution is 6.29. The predicted octanol–water partition coefficient (Wildman–Crippen LogP) is 4.06. The molecule has 2 aliphatic heterocycles. The van der Waals surface area contributed by atoms with Crippen molar-refractivity contribution >= 4 is 29.5 Å². The van der Waals surface area contributed by atoms with Crippen molar-refractivity contribution in [3.8, 4) is 11.5 Å². The van der Waals surface area contributed by atoms with Crippen molar-refractivity contribution < 1.29 is 53.0 Å². The molecule has 2 bridgehead atoms. The summed E-state index contributed by atoms with van der Waals surface area (Å²) >= 11 is 6.40. The molecule has 5 atom stereocenters. The molecule has 2 aliphatic rings. The van der Waals surface area contributed by atoms with Crippen molar-refractivity contribution in [3.63, 3.8) is 0 Å². The Morgan fingerprint density at radius 1 is 1.18 bits per heavy atom. The van der Waals surface area contributed by atoms with Gasteiger partial charge in [-0.1, -0.05) is 35.4 Å². The van der Waals surface area contributed by atoms with E-state index in [0.717, 1.165) is 0 Å². The number of hydrogen-bond acceptors (Lipinski definition) is 11. The van der Waals surface area contributed by atoms with Crippen molar-refractivity contribution in [1.29, 1.82) is 0 Å². The van der Waals surface area contributed by atoms with Crippen molar-refractivity contribution in [1.82, 2.24) is 0 Å². The minimum atomic E-state index is -1.20. The zero-order valence-electron chi connectivity index (χ0n) is 25.5. The van der Waals surface area contributed by atoms with Gasteiger partial charge in [-0.3, -0.25) is 14.4 Å². The summed E-state index contributed by atoms with van der Waals surface area (Å²) in [5.74, 6) is -0.662. The number of halogens is 1. The van der Waals surface area contributed by atoms with E-state index in [1.54, 1.807) is 44.4 Å². The molecule has 11 nitrogen and oxygen atoms in total. The average Bonchev–Trinajstić information content (AvgIpc) is 3.38. The second-order valence-electron chi connectivity index (χ2n) is 10.7. The highest BCUT2D eigenvalue weighted by Crippen LogP contribution is 2.32. The quantitative estimate of drug-likeness (QED) is 0.218. The topological polar surface area (TPSA) is 147 Å². The average molecular weight is 637 g/mol. The fraction of sp³-hybridized carbons (Fsp3) is 0.531. The van der Waals surface area contributed by atoms with E-state index in [2.05, 4.69) is 0 Å². The number of benzene rings is 1. The SMILES string of the molecule is COc1ccc(COC(=O)C/C(C)=C/[C@@H](O)[C@H]2O[C@@H]3CC/C(Cl)=C/C/C=C(/CO)[C@H](OC(C)=O)CC(=O)O[C@@H]2C3)c(OC)c1. The number of esters is 3. The van der Waals surface area contributed by atoms with Crippen LogP contribution in [0.4, 0.5) is 0 Å². The third kappa shape index (κ3) is 10.7. The molecule has 0 spiro atoms. The van der Waals surface area contributed by atoms with E-state index in [4.69, 9.17) is 40.0 Å². The summed E-state index contributed by atoms with van der Waals surface area (Å²) in [5.41, 5.74) is 1.55. The number of rotatable bonds is 10. The van der Waals surface area contributed by atoms with Gasteiger partial charge >= 0.3 is 17.9 Å². The van der Waals surface area contributed by atoms with Gasteiger partial charge in [0, 0.05) is 30.0 Å². The van der Waals surface area contributed by atoms with E-state index < -0.39 is 48.9 Å². The summed E-state index contributed by atoms with van der Waals surface area (Å²) in [7, 11) is 3.05. The fourth-order valence-electron chi connectivity index (χ4n) is 5.07. The number of hydrogen-bond donors (Lipinski definition) is 2. The smallest absolute Gasteiger partial charge is 0.310 e. The molecule has 0 saturated carbocycles. The molecule has 3 rings (SSSR count). The van der Waals surface area contributed by atoms with Gasteiger partial charge in [-0.05, 0) is 43.9 Å². The van der Waals surface area contributed by atoms with Crippen LogP contribution < -0.4 is 9.47 Å². The lowest BCUT2D eigenvalue weighted by Crippen LogP contribution is -2.37. The molecule has 1 saturated heterocycles. The molecule has 0 unspecified atom stereocenters. The molecule has 0 aromatic heterocycles. The lowest BCUT2D eigenvalue weighted by molar-refractivity contribution is -0.159. The van der Waals surface area contributed by atoms with E-state index in [-0.39, 0.29) is 25.6 Å². The number of fused-ring (bicyclic) bond motifs is 2. The first-order valence-electron chi connectivity index (χ1n) is 14.4. The Morgan fingerprint density at radius 2 is 1.95 bits per heavy atom. The largest absolute Gasteiger partial charge is 0.497 e. The van der Waals surface area contributed by atoms with Crippen LogP contribution in [0.5, 0.6) is 11.5 Å². The summed E-state index contributed by atoms with van der Waals surface area (Å²) in [5, 5.41) is 21.5. The Kier molecular flexibility index (Phi) is 13.7. The van der Waals surface area contributed by atoms with Crippen LogP contribution in [-0.2, 0) is 39.9 Å². The van der Waals surface area contributed by atoms with Crippen LogP contribution in [0.25, 0.3) is 0 Å². The third-order valence-electron chi connectivity index (χ3n) is 7.27. The summed E-state index contributed by atoms with van der Waals surface area (Å²) in [6.07, 6.45) is 1.93. The lowest BCUT2D eigenvalue weighted by Gasteiger charge is -2.24. The second kappa shape index (κ2) is 17.2. The van der Waals surface area contributed by atoms with Crippen LogP contribution in [0.3, 0.4) is 0 Å². The highest BCUT2D eigenvalue weighted by Gasteiger charge is 2.41. The zero-order valence-corrected chi connectivity index (χ0v) is 26.2. The van der Waals surface area contributed by atoms with E-state index in [0.29, 0.717) is 58.9 Å². The monoisotopic (exact) mass is 636 g/mol. The molecule has 1 aromatic rings. The number of carbonyl (C=O) groups excluding carboxylic acids is 3. The minimum absolute atomic E-state index is 0.00813. The molecule has 242 valence electrons. The van der Waals surface area contributed by atoms with Gasteiger partial charge in [0.25, 0.3) is 0 Å². The van der Waals surface area contributed by atoms with Crippen molar-refractivity contribution in [2.45, 2.75) is 89.5 Å². The predicted molar refractivity (Wildman–Crippen MR) is 160 cm³/mol. The molecule has 12 heteroatoms. The zero-order chi connectivity index (χ0) is 32.2. The van der Waals surface area contributed by atoms with Crippen LogP contribution >= 0.6 is 11.6 Å². The standard InChI is InChI=1S/C32H41ClO11/c1-19(13-30(37)41-18-22-8-10-24(39-3)14-27(22)40-4)12-26(36)32-29-15-25(43-32)11-9-23(33)7-5-6-21(17-34)28(42-20(2)35)16-31(38)44-29/h6-8,10,12,14,25-26,28-29,32,34,36H,5,9,11,13,15-18H2,1-4H3/b19-12+,21-6-,23-7-/t25-,26-,28-,29-,32-/m1/s1. The van der Waals surface area contributed by atoms with E-state index >= 15 is 0 Å². The fourth-order valence-corrected chi connectivity index (χ4v) is 5.27. The molecule has 44 heavy (non-hydrogen) atoms. The number of ether oxygens (including phenoxy) is 6. The Bertz CT molecular complexity index is 1250. The molecule has 1 fully saturated rings. The Morgan fingerprint density at radius 3 is 2.64 bits per heavy atom. The summed E-state index contributed by atoms with van der Waals surface area (Å²) in [6, 6.07) is 5.18. The van der Waals surface area contributed by atoms with Gasteiger partial charge in [0.2, 0.25) is 0 Å². The summed E-state index contributed by atoms with van der Waals surface area (Å²) in [6.45, 7) is 2.46. The maximum atomic E-state index is 13.0. The molecule has 2 heterocycles. The first kappa shape index (κ1) is 35.1. The van der Waals surface area contributed by atoms with Gasteiger partial charge < -0.3 is 38.6 Å². The van der Waals surface area contributed by atoms with E-state index in [1.165, 1.54) is 20.1 Å². The first-order chi connectivity index (χ1) is 21.0. The van der Waals surface area contributed by atoms with Gasteiger partial charge in [-0.2, -0.15) is 0 Å². The molecule has 1 aromatic carbocycles. The molecule has 0 radical (unpaired) electrons. The van der Waals surface area contributed by atoms with Crippen LogP contribution in [0.1, 0.15) is 57.9 Å². The Hall–Kier alpha value is -3.38. The van der Waals surface area contributed by atoms with Crippen molar-refractivity contribution in [2.75, 3.05) is 20.8 Å². The minimum Gasteiger partial charge on any atom is -0.497 e. The maximum Gasteiger partial charge on any atom is 0.310 e. The van der Waals surface area contributed by atoms with Crippen molar-refractivity contribution in [2.24, 2.45) is 0 Å². The number of aliphatic hydroxyl groups is 2. The normalized spacial score (nSPS) is 26.2. The number of methoxy groups -OCH3 is 2. The molecule has 0 amide bonds. The van der Waals surface area contributed by atoms with Crippen LogP contribution in [0.2, 0.25) is 0 Å². The highest BCUT2D eigenvalue weighted by atomic mass is 35.5. The van der Waals surface area contributed by atoms with Gasteiger partial charge in [0.05, 0.1) is 39.8 Å². The van der Waals surface area contributed by atoms with Crippen LogP contribution in [-0.4, -0.2) is 79.5 Å². The number of allylic oxidation sites excluding steroid dienone is 3. The van der Waals surface area contributed by atoms with Crippen LogP contribution in [0, 0.1) is 0 Å². The number of aliphatic hydroxyl groups excluding tert-OH is 2. The maximum absolute atomic E-state index is 13.0. The lowest BCUT2D eigenvalue weighted by atomic mass is 10.0. The van der Waals surface area contributed by atoms with Gasteiger partial charge in [0.15, 0.2) is 0 Å². The van der Waals surface area contributed by atoms with E-state index in [1.807, 2.05) is 0 Å². The molecule has 0 aliphatic carbocycles. The van der Waals surface area contributed by atoms with Gasteiger partial charge in [-0.15, -0.1) is 0 Å². The Labute approximate surface area is 262 Å². The number of carbonyl (C=O) groups is 3. The summed E-state index contributed by atoms with van der Waals surface area (Å²) in [4.78, 5) is 37.2. The second-order valence-corrected chi connectivity index (χ2v) is 11.2. The molecular formula is C32H41ClO11. The van der Waals surface area contributed by atoms with Crippen LogP contribution in [0.15, 0.2) is 52.6 Å². The van der Waals surface area contributed by atoms with Crippen molar-refractivity contribution in [3.05, 3.63) is 58.2 Å². The Balaban J connectivity index is 1.69.